The highest BCUT2D eigenvalue weighted by Gasteiger charge is 2.19. The molecular weight excluding hydrogens is 689 g/mol. The number of fused-ring (bicyclic) bond motifs is 14. The van der Waals surface area contributed by atoms with E-state index in [1.165, 1.54) is 27.4 Å². The highest BCUT2D eigenvalue weighted by molar-refractivity contribution is 6.12. The molecule has 0 N–H and O–H groups in total. The van der Waals surface area contributed by atoms with Crippen molar-refractivity contribution in [3.8, 4) is 22.5 Å². The minimum Gasteiger partial charge on any atom is -0.456 e. The number of aromatic nitrogens is 4. The van der Waals surface area contributed by atoms with E-state index in [1.807, 2.05) is 6.07 Å². The Morgan fingerprint density at radius 1 is 0.393 bits per heavy atom. The van der Waals surface area contributed by atoms with Gasteiger partial charge in [0.25, 0.3) is 0 Å². The summed E-state index contributed by atoms with van der Waals surface area (Å²) in [5, 5.41) is 6.83. The van der Waals surface area contributed by atoms with Crippen LogP contribution in [0.2, 0.25) is 0 Å². The van der Waals surface area contributed by atoms with Crippen molar-refractivity contribution in [2.75, 3.05) is 0 Å². The Morgan fingerprint density at radius 2 is 0.929 bits per heavy atom. The van der Waals surface area contributed by atoms with Crippen LogP contribution < -0.4 is 0 Å². The zero-order chi connectivity index (χ0) is 36.6. The number of para-hydroxylation sites is 5. The van der Waals surface area contributed by atoms with Gasteiger partial charge < -0.3 is 13.4 Å². The third-order valence-corrected chi connectivity index (χ3v) is 11.7. The molecule has 6 heteroatoms. The molecule has 5 aromatic heterocycles. The lowest BCUT2D eigenvalue weighted by molar-refractivity contribution is 0.668. The van der Waals surface area contributed by atoms with Crippen molar-refractivity contribution in [1.29, 1.82) is 0 Å². The lowest BCUT2D eigenvalue weighted by Crippen LogP contribution is -1.94. The fraction of sp³-hybridized carbons (Fsp3) is 0.0200. The van der Waals surface area contributed by atoms with Crippen LogP contribution in [-0.4, -0.2) is 18.5 Å². The summed E-state index contributed by atoms with van der Waals surface area (Å²) < 4.78 is 19.7. The largest absolute Gasteiger partial charge is 0.456 e. The van der Waals surface area contributed by atoms with Crippen molar-refractivity contribution < 1.29 is 8.83 Å². The first-order valence-corrected chi connectivity index (χ1v) is 18.9. The molecule has 0 fully saturated rings. The molecule has 0 radical (unpaired) electrons. The van der Waals surface area contributed by atoms with Crippen LogP contribution in [0.25, 0.3) is 116 Å². The topological polar surface area (TPSA) is 53.4 Å². The van der Waals surface area contributed by atoms with Gasteiger partial charge in [0.05, 0.1) is 38.8 Å². The Balaban J connectivity index is 0.967. The molecule has 8 aromatic carbocycles. The maximum absolute atomic E-state index is 6.42. The SMILES string of the molecule is Cc1ccc2c(c1)c1ccccc1n2-c1ccc2oc3ccc(-c4ccc5oc6ccc(-n7c8ccccc8n8c9ccccc9nc78)cc6c5c4)cc3c2c1. The molecule has 262 valence electrons. The summed E-state index contributed by atoms with van der Waals surface area (Å²) in [5.41, 5.74) is 15.8. The number of nitrogens with zero attached hydrogens (tertiary/aromatic N) is 4. The van der Waals surface area contributed by atoms with Crippen molar-refractivity contribution in [3.05, 3.63) is 169 Å². The van der Waals surface area contributed by atoms with Crippen LogP contribution in [0, 0.1) is 6.92 Å². The van der Waals surface area contributed by atoms with Gasteiger partial charge in [-0.1, -0.05) is 66.2 Å². The maximum Gasteiger partial charge on any atom is 0.220 e. The van der Waals surface area contributed by atoms with Crippen molar-refractivity contribution in [1.82, 2.24) is 18.5 Å². The van der Waals surface area contributed by atoms with Crippen LogP contribution in [0.5, 0.6) is 0 Å². The van der Waals surface area contributed by atoms with Crippen LogP contribution >= 0.6 is 0 Å². The average molecular weight is 719 g/mol. The van der Waals surface area contributed by atoms with Gasteiger partial charge in [0.2, 0.25) is 5.78 Å². The quantitative estimate of drug-likeness (QED) is 0.183. The Labute approximate surface area is 318 Å². The van der Waals surface area contributed by atoms with E-state index in [4.69, 9.17) is 13.8 Å². The monoisotopic (exact) mass is 718 g/mol. The number of hydrogen-bond donors (Lipinski definition) is 0. The molecule has 0 atom stereocenters. The van der Waals surface area contributed by atoms with Crippen molar-refractivity contribution in [2.24, 2.45) is 0 Å². The van der Waals surface area contributed by atoms with Crippen LogP contribution in [0.15, 0.2) is 173 Å². The summed E-state index contributed by atoms with van der Waals surface area (Å²) in [6, 6.07) is 58.2. The van der Waals surface area contributed by atoms with Crippen LogP contribution in [-0.2, 0) is 0 Å². The number of furan rings is 2. The predicted molar refractivity (Wildman–Crippen MR) is 229 cm³/mol. The molecule has 56 heavy (non-hydrogen) atoms. The Bertz CT molecular complexity index is 3790. The zero-order valence-electron chi connectivity index (χ0n) is 30.2. The minimum absolute atomic E-state index is 0.853. The zero-order valence-corrected chi connectivity index (χ0v) is 30.2. The maximum atomic E-state index is 6.42. The summed E-state index contributed by atoms with van der Waals surface area (Å²) >= 11 is 0. The van der Waals surface area contributed by atoms with E-state index < -0.39 is 0 Å². The highest BCUT2D eigenvalue weighted by atomic mass is 16.3. The molecule has 0 amide bonds. The normalized spacial score (nSPS) is 12.4. The molecule has 0 aliphatic rings. The van der Waals surface area contributed by atoms with Crippen LogP contribution in [0.1, 0.15) is 5.56 Å². The second-order valence-electron chi connectivity index (χ2n) is 14.9. The first-order valence-electron chi connectivity index (χ1n) is 18.9. The van der Waals surface area contributed by atoms with E-state index in [0.717, 1.165) is 94.2 Å². The lowest BCUT2D eigenvalue weighted by Gasteiger charge is -2.08. The molecule has 5 heterocycles. The average Bonchev–Trinajstić information content (AvgIpc) is 4.04. The van der Waals surface area contributed by atoms with E-state index in [2.05, 4.69) is 178 Å². The van der Waals surface area contributed by atoms with E-state index in [9.17, 15) is 0 Å². The first kappa shape index (κ1) is 29.8. The predicted octanol–water partition coefficient (Wildman–Crippen LogP) is 13.3. The van der Waals surface area contributed by atoms with Crippen molar-refractivity contribution >= 4 is 93.5 Å². The number of benzene rings is 8. The highest BCUT2D eigenvalue weighted by Crippen LogP contribution is 2.39. The fourth-order valence-corrected chi connectivity index (χ4v) is 9.14. The van der Waals surface area contributed by atoms with E-state index in [-0.39, 0.29) is 0 Å². The van der Waals surface area contributed by atoms with Gasteiger partial charge in [0.1, 0.15) is 22.3 Å². The van der Waals surface area contributed by atoms with Gasteiger partial charge in [-0.2, -0.15) is 0 Å². The third kappa shape index (κ3) is 4.02. The fourth-order valence-electron chi connectivity index (χ4n) is 9.14. The van der Waals surface area contributed by atoms with E-state index in [0.29, 0.717) is 0 Å². The number of imidazole rings is 2. The van der Waals surface area contributed by atoms with Gasteiger partial charge in [0, 0.05) is 38.0 Å². The van der Waals surface area contributed by atoms with Crippen molar-refractivity contribution in [3.63, 3.8) is 0 Å². The van der Waals surface area contributed by atoms with Crippen molar-refractivity contribution in [2.45, 2.75) is 6.92 Å². The second-order valence-corrected chi connectivity index (χ2v) is 14.9. The van der Waals surface area contributed by atoms with Crippen LogP contribution in [0.4, 0.5) is 0 Å². The van der Waals surface area contributed by atoms with E-state index in [1.54, 1.807) is 0 Å². The lowest BCUT2D eigenvalue weighted by atomic mass is 10.0. The summed E-state index contributed by atoms with van der Waals surface area (Å²) in [6.07, 6.45) is 0. The third-order valence-electron chi connectivity index (χ3n) is 11.7. The molecule has 0 unspecified atom stereocenters. The Morgan fingerprint density at radius 3 is 1.62 bits per heavy atom. The van der Waals surface area contributed by atoms with Crippen LogP contribution in [0.3, 0.4) is 0 Å². The number of hydrogen-bond acceptors (Lipinski definition) is 3. The second kappa shape index (κ2) is 10.8. The van der Waals surface area contributed by atoms with Gasteiger partial charge in [-0.15, -0.1) is 0 Å². The molecule has 0 spiro atoms. The van der Waals surface area contributed by atoms with E-state index >= 15 is 0 Å². The minimum atomic E-state index is 0.853. The standard InChI is InChI=1S/C50H30N4O2/c1-29-14-19-42-35(24-29)34-8-2-4-10-41(34)52(42)32-17-22-48-38(27-32)36-25-30(15-20-46(36)55-48)31-16-21-47-37(26-31)39-28-33(18-23-49(39)56-47)53-44-12-6-7-13-45(44)54-43-11-5-3-9-40(43)51-50(53)54/h2-28H,1H3. The molecule has 13 rings (SSSR count). The smallest absolute Gasteiger partial charge is 0.220 e. The molecule has 0 aliphatic heterocycles. The van der Waals surface area contributed by atoms with Gasteiger partial charge in [-0.05, 0) is 121 Å². The molecule has 0 saturated carbocycles. The molecule has 0 saturated heterocycles. The van der Waals surface area contributed by atoms with Gasteiger partial charge in [-0.25, -0.2) is 4.98 Å². The summed E-state index contributed by atoms with van der Waals surface area (Å²) in [6.45, 7) is 2.15. The molecule has 0 bridgehead atoms. The molecular formula is C50H30N4O2. The Hall–Kier alpha value is -7.57. The first-order chi connectivity index (χ1) is 27.6. The summed E-state index contributed by atoms with van der Waals surface area (Å²) in [7, 11) is 0. The van der Waals surface area contributed by atoms with Gasteiger partial charge in [0.15, 0.2) is 0 Å². The van der Waals surface area contributed by atoms with Gasteiger partial charge in [-0.3, -0.25) is 8.97 Å². The number of rotatable bonds is 3. The Kier molecular flexibility index (Phi) is 5.74. The number of aryl methyl sites for hydroxylation is 1. The summed E-state index contributed by atoms with van der Waals surface area (Å²) in [5.74, 6) is 0.886. The van der Waals surface area contributed by atoms with Gasteiger partial charge >= 0.3 is 0 Å². The molecule has 6 nitrogen and oxygen atoms in total. The summed E-state index contributed by atoms with van der Waals surface area (Å²) in [4.78, 5) is 5.10. The molecule has 0 aliphatic carbocycles. The molecule has 13 aromatic rings.